The Balaban J connectivity index is 1.71. The van der Waals surface area contributed by atoms with Gasteiger partial charge in [-0.25, -0.2) is 0 Å². The number of hydrogen-bond donors (Lipinski definition) is 1. The Kier molecular flexibility index (Phi) is 7.22. The number of carbonyl (C=O) groups excluding carboxylic acids is 1. The number of aliphatic imine (C=N–C) groups is 1. The monoisotopic (exact) mass is 396 g/mol. The number of benzene rings is 2. The van der Waals surface area contributed by atoms with Crippen LogP contribution in [0, 0.1) is 5.92 Å². The molecule has 4 nitrogen and oxygen atoms in total. The van der Waals surface area contributed by atoms with E-state index in [4.69, 9.17) is 0 Å². The quantitative estimate of drug-likeness (QED) is 0.572. The number of amides is 1. The maximum Gasteiger partial charge on any atom is 0.217 e. The van der Waals surface area contributed by atoms with Crippen molar-refractivity contribution in [3.05, 3.63) is 60.7 Å². The van der Waals surface area contributed by atoms with Gasteiger partial charge in [-0.3, -0.25) is 9.79 Å². The topological polar surface area (TPSA) is 58.5 Å². The molecule has 1 aliphatic rings. The van der Waals surface area contributed by atoms with Crippen LogP contribution in [0.5, 0.6) is 0 Å². The van der Waals surface area contributed by atoms with Crippen molar-refractivity contribution in [3.63, 3.8) is 0 Å². The van der Waals surface area contributed by atoms with Crippen molar-refractivity contribution in [1.82, 2.24) is 5.32 Å². The smallest absolute Gasteiger partial charge is 0.217 e. The molecule has 1 saturated carbocycles. The first-order chi connectivity index (χ1) is 13.6. The van der Waals surface area contributed by atoms with E-state index in [1.807, 2.05) is 66.9 Å². The van der Waals surface area contributed by atoms with Crippen molar-refractivity contribution in [2.75, 3.05) is 12.7 Å². The van der Waals surface area contributed by atoms with E-state index in [0.717, 1.165) is 29.9 Å². The molecule has 3 rings (SSSR count). The van der Waals surface area contributed by atoms with Crippen LogP contribution in [0.25, 0.3) is 0 Å². The third kappa shape index (κ3) is 5.20. The predicted octanol–water partition coefficient (Wildman–Crippen LogP) is 3.77. The van der Waals surface area contributed by atoms with E-state index in [1.165, 1.54) is 6.42 Å². The molecule has 2 aromatic carbocycles. The average Bonchev–Trinajstić information content (AvgIpc) is 2.73. The van der Waals surface area contributed by atoms with Crippen molar-refractivity contribution in [3.8, 4) is 0 Å². The fraction of sp³-hybridized carbons (Fsp3) is 0.391. The first kappa shape index (κ1) is 20.5. The molecule has 28 heavy (non-hydrogen) atoms. The molecule has 1 fully saturated rings. The van der Waals surface area contributed by atoms with Gasteiger partial charge < -0.3 is 9.88 Å². The summed E-state index contributed by atoms with van der Waals surface area (Å²) in [5.74, 6) is 0.286. The Morgan fingerprint density at radius 3 is 2.18 bits per heavy atom. The second-order valence-electron chi connectivity index (χ2n) is 7.44. The highest BCUT2D eigenvalue weighted by atomic mass is 31.2. The summed E-state index contributed by atoms with van der Waals surface area (Å²) < 4.78 is 13.9. The van der Waals surface area contributed by atoms with Gasteiger partial charge in [-0.15, -0.1) is 0 Å². The van der Waals surface area contributed by atoms with Crippen molar-refractivity contribution >= 4 is 29.9 Å². The maximum absolute atomic E-state index is 13.9. The molecule has 5 heteroatoms. The van der Waals surface area contributed by atoms with Crippen LogP contribution in [-0.4, -0.2) is 30.9 Å². The average molecular weight is 396 g/mol. The zero-order chi connectivity index (χ0) is 19.8. The van der Waals surface area contributed by atoms with Gasteiger partial charge in [-0.05, 0) is 12.8 Å². The van der Waals surface area contributed by atoms with Gasteiger partial charge >= 0.3 is 0 Å². The Morgan fingerprint density at radius 1 is 1.04 bits per heavy atom. The molecule has 1 aliphatic carbocycles. The molecule has 0 heterocycles. The number of nitrogens with zero attached hydrogens (tertiary/aromatic N) is 1. The van der Waals surface area contributed by atoms with E-state index >= 15 is 0 Å². The standard InChI is InChI=1S/C23H29N2O2P/c1-19(26)25-23-15-9-8-10-20(23)18-24-16-17-28(27,21-11-4-2-5-12-21)22-13-6-3-7-14-22/h2-7,11-14,18,20,23H,8-10,15-17H2,1H3,(H,25,26)/t20?,23-/m1/s1. The van der Waals surface area contributed by atoms with Gasteiger partial charge in [-0.1, -0.05) is 73.5 Å². The van der Waals surface area contributed by atoms with Crippen LogP contribution in [0.1, 0.15) is 32.6 Å². The number of rotatable bonds is 7. The van der Waals surface area contributed by atoms with Crippen LogP contribution in [0.15, 0.2) is 65.7 Å². The van der Waals surface area contributed by atoms with Crippen LogP contribution in [0.4, 0.5) is 0 Å². The van der Waals surface area contributed by atoms with Gasteiger partial charge in [0.1, 0.15) is 7.14 Å². The highest BCUT2D eigenvalue weighted by Crippen LogP contribution is 2.42. The molecule has 2 aromatic rings. The first-order valence-electron chi connectivity index (χ1n) is 10.1. The summed E-state index contributed by atoms with van der Waals surface area (Å²) >= 11 is 0. The van der Waals surface area contributed by atoms with Crippen LogP contribution >= 0.6 is 7.14 Å². The van der Waals surface area contributed by atoms with Crippen molar-refractivity contribution < 1.29 is 9.36 Å². The van der Waals surface area contributed by atoms with Crippen LogP contribution in [0.2, 0.25) is 0 Å². The van der Waals surface area contributed by atoms with E-state index in [1.54, 1.807) is 6.92 Å². The minimum absolute atomic E-state index is 0.0166. The summed E-state index contributed by atoms with van der Waals surface area (Å²) in [6, 6.07) is 19.6. The van der Waals surface area contributed by atoms with Gasteiger partial charge in [-0.2, -0.15) is 0 Å². The molecule has 148 valence electrons. The number of hydrogen-bond acceptors (Lipinski definition) is 3. The summed E-state index contributed by atoms with van der Waals surface area (Å²) in [7, 11) is -2.72. The summed E-state index contributed by atoms with van der Waals surface area (Å²) in [6.07, 6.45) is 6.85. The summed E-state index contributed by atoms with van der Waals surface area (Å²) in [5.41, 5.74) is 0. The van der Waals surface area contributed by atoms with Gasteiger partial charge in [0.25, 0.3) is 0 Å². The Hall–Kier alpha value is -2.19. The molecule has 0 radical (unpaired) electrons. The lowest BCUT2D eigenvalue weighted by molar-refractivity contribution is -0.120. The zero-order valence-electron chi connectivity index (χ0n) is 16.5. The fourth-order valence-corrected chi connectivity index (χ4v) is 6.45. The van der Waals surface area contributed by atoms with E-state index in [9.17, 15) is 9.36 Å². The molecule has 1 unspecified atom stereocenters. The molecule has 0 aliphatic heterocycles. The molecule has 0 aromatic heterocycles. The van der Waals surface area contributed by atoms with E-state index in [-0.39, 0.29) is 17.9 Å². The van der Waals surface area contributed by atoms with Gasteiger partial charge in [0.15, 0.2) is 0 Å². The summed E-state index contributed by atoms with van der Waals surface area (Å²) in [4.78, 5) is 16.1. The second kappa shape index (κ2) is 9.84. The minimum atomic E-state index is -2.72. The van der Waals surface area contributed by atoms with E-state index in [2.05, 4.69) is 10.3 Å². The van der Waals surface area contributed by atoms with Crippen LogP contribution < -0.4 is 15.9 Å². The minimum Gasteiger partial charge on any atom is -0.353 e. The van der Waals surface area contributed by atoms with E-state index < -0.39 is 7.14 Å². The molecule has 0 bridgehead atoms. The lowest BCUT2D eigenvalue weighted by Crippen LogP contribution is -2.41. The van der Waals surface area contributed by atoms with Gasteiger partial charge in [0.05, 0.1) is 0 Å². The zero-order valence-corrected chi connectivity index (χ0v) is 17.4. The molecule has 2 atom stereocenters. The number of carbonyl (C=O) groups is 1. The molecule has 0 spiro atoms. The molecular formula is C23H29N2O2P. The van der Waals surface area contributed by atoms with Crippen LogP contribution in [0.3, 0.4) is 0 Å². The maximum atomic E-state index is 13.9. The van der Waals surface area contributed by atoms with Crippen molar-refractivity contribution in [2.24, 2.45) is 10.9 Å². The van der Waals surface area contributed by atoms with Crippen molar-refractivity contribution in [1.29, 1.82) is 0 Å². The van der Waals surface area contributed by atoms with Gasteiger partial charge in [0, 0.05) is 48.4 Å². The predicted molar refractivity (Wildman–Crippen MR) is 118 cm³/mol. The molecular weight excluding hydrogens is 367 g/mol. The Morgan fingerprint density at radius 2 is 1.61 bits per heavy atom. The SMILES string of the molecule is CC(=O)N[C@@H]1CCCCC1C=NCCP(=O)(c1ccccc1)c1ccccc1. The molecule has 1 N–H and O–H groups in total. The van der Waals surface area contributed by atoms with Crippen LogP contribution in [-0.2, 0) is 9.36 Å². The third-order valence-corrected chi connectivity index (χ3v) is 8.49. The number of nitrogens with one attached hydrogen (secondary N) is 1. The highest BCUT2D eigenvalue weighted by Gasteiger charge is 2.27. The third-order valence-electron chi connectivity index (χ3n) is 5.40. The van der Waals surface area contributed by atoms with E-state index in [0.29, 0.717) is 12.7 Å². The summed E-state index contributed by atoms with van der Waals surface area (Å²) in [5, 5.41) is 4.82. The van der Waals surface area contributed by atoms with Gasteiger partial charge in [0.2, 0.25) is 5.91 Å². The Bertz CT molecular complexity index is 793. The molecule has 0 saturated heterocycles. The van der Waals surface area contributed by atoms with Crippen molar-refractivity contribution in [2.45, 2.75) is 38.6 Å². The normalized spacial score (nSPS) is 20.2. The largest absolute Gasteiger partial charge is 0.353 e. The lowest BCUT2D eigenvalue weighted by atomic mass is 9.85. The Labute approximate surface area is 167 Å². The highest BCUT2D eigenvalue weighted by molar-refractivity contribution is 7.78. The molecule has 1 amide bonds. The summed E-state index contributed by atoms with van der Waals surface area (Å²) in [6.45, 7) is 2.09. The first-order valence-corrected chi connectivity index (χ1v) is 12.0. The second-order valence-corrected chi connectivity index (χ2v) is 10.4. The fourth-order valence-electron chi connectivity index (χ4n) is 3.93. The lowest BCUT2D eigenvalue weighted by Gasteiger charge is -2.29.